The van der Waals surface area contributed by atoms with Crippen molar-refractivity contribution in [2.45, 2.75) is 9.79 Å². The number of aliphatic imine (C=N–C) groups is 1. The monoisotopic (exact) mass is 431 g/mol. The van der Waals surface area contributed by atoms with Crippen LogP contribution in [0.15, 0.2) is 57.2 Å². The highest BCUT2D eigenvalue weighted by molar-refractivity contribution is 7.99. The van der Waals surface area contributed by atoms with Crippen LogP contribution in [0.2, 0.25) is 5.02 Å². The standard InChI is InChI=1S/C21H22ClN3O3S/c22-15-5-6-18-16(13-15)21(23-17-3-1-2-4-19(17)29-18)25-9-7-24(8-10-25)11-12-28-14-20(26)27/h1-6,13H,7-12,14H2,(H,26,27). The van der Waals surface area contributed by atoms with Gasteiger partial charge in [-0.05, 0) is 30.3 Å². The Labute approximate surface area is 179 Å². The number of piperazine rings is 1. The normalized spacial score (nSPS) is 16.6. The number of amidine groups is 1. The number of halogens is 1. The molecule has 0 bridgehead atoms. The van der Waals surface area contributed by atoms with Gasteiger partial charge in [0.05, 0.1) is 12.3 Å². The molecule has 0 atom stereocenters. The molecule has 4 rings (SSSR count). The number of hydrogen-bond donors (Lipinski definition) is 1. The number of hydrogen-bond acceptors (Lipinski definition) is 6. The summed E-state index contributed by atoms with van der Waals surface area (Å²) >= 11 is 8.04. The molecular weight excluding hydrogens is 410 g/mol. The summed E-state index contributed by atoms with van der Waals surface area (Å²) in [6.45, 7) is 4.35. The summed E-state index contributed by atoms with van der Waals surface area (Å²) in [6.07, 6.45) is 0. The number of ether oxygens (including phenoxy) is 1. The van der Waals surface area contributed by atoms with Crippen LogP contribution < -0.4 is 0 Å². The maximum atomic E-state index is 10.5. The Balaban J connectivity index is 1.50. The summed E-state index contributed by atoms with van der Waals surface area (Å²) in [6, 6.07) is 14.2. The average molecular weight is 432 g/mol. The molecule has 6 nitrogen and oxygen atoms in total. The van der Waals surface area contributed by atoms with E-state index in [2.05, 4.69) is 21.9 Å². The van der Waals surface area contributed by atoms with E-state index in [-0.39, 0.29) is 6.61 Å². The third-order valence-electron chi connectivity index (χ3n) is 4.94. The molecule has 2 aliphatic heterocycles. The van der Waals surface area contributed by atoms with E-state index in [4.69, 9.17) is 26.4 Å². The molecule has 2 heterocycles. The van der Waals surface area contributed by atoms with Crippen LogP contribution in [-0.2, 0) is 9.53 Å². The Bertz CT molecular complexity index is 929. The van der Waals surface area contributed by atoms with E-state index >= 15 is 0 Å². The first-order valence-electron chi connectivity index (χ1n) is 9.52. The second-order valence-corrected chi connectivity index (χ2v) is 8.44. The van der Waals surface area contributed by atoms with Crippen LogP contribution in [0, 0.1) is 0 Å². The molecule has 29 heavy (non-hydrogen) atoms. The number of para-hydroxylation sites is 1. The molecule has 0 radical (unpaired) electrons. The first-order chi connectivity index (χ1) is 14.1. The van der Waals surface area contributed by atoms with Gasteiger partial charge in [-0.2, -0.15) is 0 Å². The van der Waals surface area contributed by atoms with Gasteiger partial charge in [0.25, 0.3) is 0 Å². The van der Waals surface area contributed by atoms with Gasteiger partial charge in [0.1, 0.15) is 12.4 Å². The Kier molecular flexibility index (Phi) is 6.40. The molecule has 1 N–H and O–H groups in total. The van der Waals surface area contributed by atoms with Gasteiger partial charge in [0.2, 0.25) is 0 Å². The maximum absolute atomic E-state index is 10.5. The van der Waals surface area contributed by atoms with E-state index in [1.54, 1.807) is 11.8 Å². The van der Waals surface area contributed by atoms with Crippen molar-refractivity contribution in [3.8, 4) is 0 Å². The molecule has 2 aliphatic rings. The Morgan fingerprint density at radius 2 is 1.93 bits per heavy atom. The van der Waals surface area contributed by atoms with Crippen molar-refractivity contribution in [1.29, 1.82) is 0 Å². The van der Waals surface area contributed by atoms with Crippen LogP contribution in [0.4, 0.5) is 5.69 Å². The summed E-state index contributed by atoms with van der Waals surface area (Å²) in [5, 5.41) is 9.36. The van der Waals surface area contributed by atoms with Crippen molar-refractivity contribution in [3.63, 3.8) is 0 Å². The van der Waals surface area contributed by atoms with Crippen molar-refractivity contribution in [2.75, 3.05) is 45.9 Å². The van der Waals surface area contributed by atoms with E-state index in [1.807, 2.05) is 30.3 Å². The van der Waals surface area contributed by atoms with Gasteiger partial charge in [0.15, 0.2) is 0 Å². The minimum Gasteiger partial charge on any atom is -0.480 e. The van der Waals surface area contributed by atoms with E-state index in [0.29, 0.717) is 11.6 Å². The van der Waals surface area contributed by atoms with Crippen LogP contribution in [0.3, 0.4) is 0 Å². The number of nitrogens with zero attached hydrogens (tertiary/aromatic N) is 3. The van der Waals surface area contributed by atoms with E-state index in [1.165, 1.54) is 0 Å². The molecule has 152 valence electrons. The number of rotatable bonds is 5. The second-order valence-electron chi connectivity index (χ2n) is 6.92. The molecule has 0 spiro atoms. The molecule has 2 aromatic rings. The highest BCUT2D eigenvalue weighted by Gasteiger charge is 2.25. The molecule has 0 aromatic heterocycles. The first kappa shape index (κ1) is 20.2. The lowest BCUT2D eigenvalue weighted by Gasteiger charge is -2.36. The summed E-state index contributed by atoms with van der Waals surface area (Å²) in [5.41, 5.74) is 2.04. The highest BCUT2D eigenvalue weighted by Crippen LogP contribution is 2.41. The van der Waals surface area contributed by atoms with Crippen LogP contribution in [0.1, 0.15) is 5.56 Å². The largest absolute Gasteiger partial charge is 0.480 e. The van der Waals surface area contributed by atoms with E-state index < -0.39 is 5.97 Å². The lowest BCUT2D eigenvalue weighted by atomic mass is 10.1. The van der Waals surface area contributed by atoms with Crippen LogP contribution >= 0.6 is 23.4 Å². The van der Waals surface area contributed by atoms with Gasteiger partial charge in [0, 0.05) is 53.1 Å². The zero-order valence-electron chi connectivity index (χ0n) is 15.9. The van der Waals surface area contributed by atoms with E-state index in [9.17, 15) is 4.79 Å². The fraction of sp³-hybridized carbons (Fsp3) is 0.333. The van der Waals surface area contributed by atoms with Gasteiger partial charge < -0.3 is 14.7 Å². The lowest BCUT2D eigenvalue weighted by Crippen LogP contribution is -2.49. The molecule has 8 heteroatoms. The predicted octanol–water partition coefficient (Wildman–Crippen LogP) is 3.60. The van der Waals surface area contributed by atoms with E-state index in [0.717, 1.165) is 59.6 Å². The Morgan fingerprint density at radius 1 is 1.14 bits per heavy atom. The molecule has 0 amide bonds. The molecule has 0 saturated carbocycles. The minimum absolute atomic E-state index is 0.245. The first-order valence-corrected chi connectivity index (χ1v) is 10.7. The van der Waals surface area contributed by atoms with Crippen LogP contribution in [0.5, 0.6) is 0 Å². The van der Waals surface area contributed by atoms with Crippen molar-refractivity contribution >= 4 is 40.9 Å². The molecule has 1 saturated heterocycles. The number of benzene rings is 2. The lowest BCUT2D eigenvalue weighted by molar-refractivity contribution is -0.142. The number of aliphatic carboxylic acids is 1. The fourth-order valence-corrected chi connectivity index (χ4v) is 4.64. The molecule has 2 aromatic carbocycles. The maximum Gasteiger partial charge on any atom is 0.329 e. The van der Waals surface area contributed by atoms with Crippen LogP contribution in [0.25, 0.3) is 0 Å². The smallest absolute Gasteiger partial charge is 0.329 e. The van der Waals surface area contributed by atoms with Gasteiger partial charge >= 0.3 is 5.97 Å². The molecule has 1 fully saturated rings. The van der Waals surface area contributed by atoms with Crippen molar-refractivity contribution in [2.24, 2.45) is 4.99 Å². The minimum atomic E-state index is -0.934. The van der Waals surface area contributed by atoms with Crippen molar-refractivity contribution in [1.82, 2.24) is 9.80 Å². The van der Waals surface area contributed by atoms with Gasteiger partial charge in [-0.15, -0.1) is 0 Å². The summed E-state index contributed by atoms with van der Waals surface area (Å²) in [4.78, 5) is 22.5. The fourth-order valence-electron chi connectivity index (χ4n) is 3.47. The number of carbonyl (C=O) groups is 1. The third kappa shape index (κ3) is 4.93. The second kappa shape index (κ2) is 9.17. The third-order valence-corrected chi connectivity index (χ3v) is 6.32. The zero-order chi connectivity index (χ0) is 20.2. The molecular formula is C21H22ClN3O3S. The number of carboxylic acids is 1. The molecule has 0 aliphatic carbocycles. The quantitative estimate of drug-likeness (QED) is 0.729. The summed E-state index contributed by atoms with van der Waals surface area (Å²) in [5.74, 6) is 0.0263. The number of carboxylic acid groups (broad SMARTS) is 1. The van der Waals surface area contributed by atoms with Crippen molar-refractivity contribution < 1.29 is 14.6 Å². The van der Waals surface area contributed by atoms with Gasteiger partial charge in [-0.3, -0.25) is 4.90 Å². The summed E-state index contributed by atoms with van der Waals surface area (Å²) < 4.78 is 5.16. The average Bonchev–Trinajstić information content (AvgIpc) is 2.88. The molecule has 0 unspecified atom stereocenters. The van der Waals surface area contributed by atoms with Crippen LogP contribution in [-0.4, -0.2) is 72.6 Å². The SMILES string of the molecule is O=C(O)COCCN1CCN(C2=Nc3ccccc3Sc3ccc(Cl)cc32)CC1. The highest BCUT2D eigenvalue weighted by atomic mass is 35.5. The number of fused-ring (bicyclic) bond motifs is 2. The predicted molar refractivity (Wildman–Crippen MR) is 115 cm³/mol. The summed E-state index contributed by atoms with van der Waals surface area (Å²) in [7, 11) is 0. The Morgan fingerprint density at radius 3 is 2.72 bits per heavy atom. The van der Waals surface area contributed by atoms with Gasteiger partial charge in [-0.25, -0.2) is 9.79 Å². The Hall–Kier alpha value is -2.06. The van der Waals surface area contributed by atoms with Crippen molar-refractivity contribution in [3.05, 3.63) is 53.1 Å². The van der Waals surface area contributed by atoms with Gasteiger partial charge in [-0.1, -0.05) is 35.5 Å². The zero-order valence-corrected chi connectivity index (χ0v) is 17.5. The topological polar surface area (TPSA) is 65.4 Å².